The third-order valence-corrected chi connectivity index (χ3v) is 2.95. The number of nitrogens with one attached hydrogen (secondary N) is 1. The molecule has 1 atom stereocenters. The zero-order valence-corrected chi connectivity index (χ0v) is 7.08. The van der Waals surface area contributed by atoms with Crippen LogP contribution in [0.2, 0.25) is 0 Å². The minimum absolute atomic E-state index is 0.336. The van der Waals surface area contributed by atoms with E-state index in [9.17, 15) is 0 Å². The zero-order chi connectivity index (χ0) is 8.16. The van der Waals surface area contributed by atoms with E-state index in [0.717, 1.165) is 17.9 Å². The minimum Gasteiger partial charge on any atom is -0.288 e. The first kappa shape index (κ1) is 8.46. The van der Waals surface area contributed by atoms with E-state index < -0.39 is 0 Å². The van der Waals surface area contributed by atoms with Gasteiger partial charge >= 0.3 is 0 Å². The summed E-state index contributed by atoms with van der Waals surface area (Å²) in [5.74, 6) is 4.41. The van der Waals surface area contributed by atoms with Gasteiger partial charge in [-0.15, -0.1) is 6.42 Å². The molecule has 0 aromatic carbocycles. The van der Waals surface area contributed by atoms with E-state index in [1.165, 1.54) is 0 Å². The lowest BCUT2D eigenvalue weighted by Crippen LogP contribution is -2.44. The maximum Gasteiger partial charge on any atom is 0.117 e. The summed E-state index contributed by atoms with van der Waals surface area (Å²) in [4.78, 5) is 0. The van der Waals surface area contributed by atoms with Crippen molar-refractivity contribution in [2.75, 3.05) is 18.1 Å². The lowest BCUT2D eigenvalue weighted by Gasteiger charge is -2.18. The quantitative estimate of drug-likeness (QED) is 0.610. The van der Waals surface area contributed by atoms with E-state index in [1.807, 2.05) is 0 Å². The number of rotatable bonds is 2. The van der Waals surface area contributed by atoms with Crippen LogP contribution in [0, 0.1) is 23.7 Å². The second-order valence-electron chi connectivity index (χ2n) is 2.55. The molecule has 0 radical (unpaired) electrons. The van der Waals surface area contributed by atoms with E-state index in [4.69, 9.17) is 11.7 Å². The van der Waals surface area contributed by atoms with E-state index in [2.05, 4.69) is 17.3 Å². The molecule has 0 saturated carbocycles. The Morgan fingerprint density at radius 1 is 1.73 bits per heavy atom. The second-order valence-corrected chi connectivity index (χ2v) is 3.66. The van der Waals surface area contributed by atoms with Crippen LogP contribution in [0.25, 0.3) is 0 Å². The molecule has 1 fully saturated rings. The van der Waals surface area contributed by atoms with E-state index in [1.54, 1.807) is 11.8 Å². The van der Waals surface area contributed by atoms with Crippen LogP contribution < -0.4 is 5.32 Å². The Labute approximate surface area is 71.4 Å². The molecule has 1 aliphatic rings. The molecule has 0 aromatic heterocycles. The van der Waals surface area contributed by atoms with Gasteiger partial charge in [0.25, 0.3) is 0 Å². The van der Waals surface area contributed by atoms with Gasteiger partial charge in [0.2, 0.25) is 0 Å². The fourth-order valence-electron chi connectivity index (χ4n) is 1.05. The Morgan fingerprint density at radius 3 is 3.00 bits per heavy atom. The van der Waals surface area contributed by atoms with Crippen LogP contribution in [0.5, 0.6) is 0 Å². The highest BCUT2D eigenvalue weighted by Crippen LogP contribution is 2.26. The third kappa shape index (κ3) is 1.89. The van der Waals surface area contributed by atoms with Crippen molar-refractivity contribution in [2.24, 2.45) is 0 Å². The topological polar surface area (TPSA) is 35.8 Å². The van der Waals surface area contributed by atoms with Gasteiger partial charge in [0.1, 0.15) is 5.54 Å². The smallest absolute Gasteiger partial charge is 0.117 e. The molecule has 0 spiro atoms. The molecule has 0 bridgehead atoms. The van der Waals surface area contributed by atoms with Gasteiger partial charge in [-0.2, -0.15) is 17.0 Å². The number of thioether (sulfide) groups is 1. The molecule has 1 heterocycles. The minimum atomic E-state index is -0.336. The second kappa shape index (κ2) is 3.67. The summed E-state index contributed by atoms with van der Waals surface area (Å²) in [6.45, 7) is 0.494. The fourth-order valence-corrected chi connectivity index (χ4v) is 2.35. The van der Waals surface area contributed by atoms with Crippen LogP contribution >= 0.6 is 11.8 Å². The summed E-state index contributed by atoms with van der Waals surface area (Å²) < 4.78 is 0. The summed E-state index contributed by atoms with van der Waals surface area (Å²) in [7, 11) is 0. The lowest BCUT2D eigenvalue weighted by atomic mass is 10.0. The van der Waals surface area contributed by atoms with Crippen LogP contribution in [-0.2, 0) is 0 Å². The van der Waals surface area contributed by atoms with Gasteiger partial charge in [0.15, 0.2) is 0 Å². The van der Waals surface area contributed by atoms with Gasteiger partial charge in [-0.3, -0.25) is 5.32 Å². The third-order valence-electron chi connectivity index (χ3n) is 1.76. The summed E-state index contributed by atoms with van der Waals surface area (Å²) in [5.41, 5.74) is -0.336. The van der Waals surface area contributed by atoms with Crippen LogP contribution in [0.4, 0.5) is 0 Å². The first-order chi connectivity index (χ1) is 5.33. The van der Waals surface area contributed by atoms with E-state index >= 15 is 0 Å². The first-order valence-electron chi connectivity index (χ1n) is 3.50. The number of hydrogen-bond donors (Lipinski definition) is 1. The molecular weight excluding hydrogens is 156 g/mol. The Morgan fingerprint density at radius 2 is 2.55 bits per heavy atom. The molecule has 0 amide bonds. The van der Waals surface area contributed by atoms with Gasteiger partial charge in [0.05, 0.1) is 12.6 Å². The average Bonchev–Trinajstić information content (AvgIpc) is 2.50. The SMILES string of the molecule is C#CCNC1(C#N)CCSC1. The normalized spacial score (nSPS) is 29.3. The Bertz CT molecular complexity index is 205. The Kier molecular flexibility index (Phi) is 2.82. The monoisotopic (exact) mass is 166 g/mol. The van der Waals surface area contributed by atoms with Crippen molar-refractivity contribution in [1.29, 1.82) is 5.26 Å². The molecule has 11 heavy (non-hydrogen) atoms. The zero-order valence-electron chi connectivity index (χ0n) is 6.26. The Balaban J connectivity index is 2.49. The number of terminal acetylenes is 1. The van der Waals surface area contributed by atoms with E-state index in [0.29, 0.717) is 6.54 Å². The molecular formula is C8H10N2S. The number of hydrogen-bond acceptors (Lipinski definition) is 3. The molecule has 3 heteroatoms. The molecule has 0 aromatic rings. The highest BCUT2D eigenvalue weighted by molar-refractivity contribution is 7.99. The molecule has 0 aliphatic carbocycles. The van der Waals surface area contributed by atoms with Crippen LogP contribution in [-0.4, -0.2) is 23.6 Å². The predicted octanol–water partition coefficient (Wildman–Crippen LogP) is 0.608. The van der Waals surface area contributed by atoms with E-state index in [-0.39, 0.29) is 5.54 Å². The maximum absolute atomic E-state index is 8.85. The molecule has 1 aliphatic heterocycles. The molecule has 1 unspecified atom stereocenters. The van der Waals surface area contributed by atoms with Crippen LogP contribution in [0.3, 0.4) is 0 Å². The molecule has 2 nitrogen and oxygen atoms in total. The summed E-state index contributed by atoms with van der Waals surface area (Å²) >= 11 is 1.80. The summed E-state index contributed by atoms with van der Waals surface area (Å²) in [5, 5.41) is 11.9. The Hall–Kier alpha value is -0.640. The lowest BCUT2D eigenvalue weighted by molar-refractivity contribution is 0.486. The van der Waals surface area contributed by atoms with Crippen molar-refractivity contribution in [3.05, 3.63) is 0 Å². The molecule has 1 N–H and O–H groups in total. The first-order valence-corrected chi connectivity index (χ1v) is 4.66. The summed E-state index contributed by atoms with van der Waals surface area (Å²) in [6.07, 6.45) is 6.00. The van der Waals surface area contributed by atoms with Crippen molar-refractivity contribution < 1.29 is 0 Å². The average molecular weight is 166 g/mol. The van der Waals surface area contributed by atoms with Crippen molar-refractivity contribution >= 4 is 11.8 Å². The van der Waals surface area contributed by atoms with Crippen LogP contribution in [0.15, 0.2) is 0 Å². The van der Waals surface area contributed by atoms with Gasteiger partial charge in [-0.25, -0.2) is 0 Å². The summed E-state index contributed by atoms with van der Waals surface area (Å²) in [6, 6.07) is 2.28. The maximum atomic E-state index is 8.85. The molecule has 58 valence electrons. The van der Waals surface area contributed by atoms with Gasteiger partial charge in [-0.05, 0) is 12.2 Å². The fraction of sp³-hybridized carbons (Fsp3) is 0.625. The molecule has 1 saturated heterocycles. The highest BCUT2D eigenvalue weighted by atomic mass is 32.2. The van der Waals surface area contributed by atoms with Crippen molar-refractivity contribution in [1.82, 2.24) is 5.32 Å². The van der Waals surface area contributed by atoms with Crippen molar-refractivity contribution in [3.63, 3.8) is 0 Å². The van der Waals surface area contributed by atoms with Crippen molar-refractivity contribution in [3.8, 4) is 18.4 Å². The largest absolute Gasteiger partial charge is 0.288 e. The standard InChI is InChI=1S/C8H10N2S/c1-2-4-10-8(6-9)3-5-11-7-8/h1,10H,3-5,7H2. The van der Waals surface area contributed by atoms with Crippen LogP contribution in [0.1, 0.15) is 6.42 Å². The number of nitrogens with zero attached hydrogens (tertiary/aromatic N) is 1. The van der Waals surface area contributed by atoms with Gasteiger partial charge in [0, 0.05) is 5.75 Å². The number of nitriles is 1. The van der Waals surface area contributed by atoms with Crippen molar-refractivity contribution in [2.45, 2.75) is 12.0 Å². The molecule has 1 rings (SSSR count). The van der Waals surface area contributed by atoms with Gasteiger partial charge < -0.3 is 0 Å². The highest BCUT2D eigenvalue weighted by Gasteiger charge is 2.33. The van der Waals surface area contributed by atoms with Gasteiger partial charge in [-0.1, -0.05) is 5.92 Å². The predicted molar refractivity (Wildman–Crippen MR) is 47.1 cm³/mol.